The third-order valence-corrected chi connectivity index (χ3v) is 5.00. The predicted molar refractivity (Wildman–Crippen MR) is 98.0 cm³/mol. The van der Waals surface area contributed by atoms with E-state index in [4.69, 9.17) is 0 Å². The summed E-state index contributed by atoms with van der Waals surface area (Å²) in [7, 11) is 2.08. The van der Waals surface area contributed by atoms with Crippen molar-refractivity contribution in [2.24, 2.45) is 0 Å². The Balaban J connectivity index is 2.16. The van der Waals surface area contributed by atoms with Gasteiger partial charge in [-0.2, -0.15) is 0 Å². The van der Waals surface area contributed by atoms with Crippen LogP contribution in [0.1, 0.15) is 25.0 Å². The number of thiophene rings is 1. The summed E-state index contributed by atoms with van der Waals surface area (Å²) in [6.45, 7) is 5.97. The molecule has 0 radical (unpaired) electrons. The smallest absolute Gasteiger partial charge is 0.133 e. The van der Waals surface area contributed by atoms with Crippen LogP contribution in [0.25, 0.3) is 0 Å². The van der Waals surface area contributed by atoms with Crippen LogP contribution in [0, 0.1) is 0 Å². The van der Waals surface area contributed by atoms with E-state index in [-0.39, 0.29) is 0 Å². The van der Waals surface area contributed by atoms with Crippen molar-refractivity contribution in [3.63, 3.8) is 0 Å². The zero-order valence-corrected chi connectivity index (χ0v) is 16.3. The average Bonchev–Trinajstić information content (AvgIpc) is 2.81. The van der Waals surface area contributed by atoms with Crippen LogP contribution < -0.4 is 10.2 Å². The Labute approximate surface area is 147 Å². The molecule has 0 fully saturated rings. The quantitative estimate of drug-likeness (QED) is 0.710. The SMILES string of the molecule is CC(C)NCc1cc(Br)cnc1N(C)Cc1csc(Br)c1. The van der Waals surface area contributed by atoms with E-state index in [2.05, 4.69) is 85.5 Å². The molecule has 2 heterocycles. The van der Waals surface area contributed by atoms with E-state index < -0.39 is 0 Å². The Morgan fingerprint density at radius 1 is 1.33 bits per heavy atom. The molecule has 0 aromatic carbocycles. The monoisotopic (exact) mass is 431 g/mol. The van der Waals surface area contributed by atoms with Crippen molar-refractivity contribution >= 4 is 49.0 Å². The molecule has 3 nitrogen and oxygen atoms in total. The van der Waals surface area contributed by atoms with Crippen LogP contribution in [0.2, 0.25) is 0 Å². The number of hydrogen-bond acceptors (Lipinski definition) is 4. The van der Waals surface area contributed by atoms with Crippen LogP contribution in [0.4, 0.5) is 5.82 Å². The number of nitrogens with one attached hydrogen (secondary N) is 1. The van der Waals surface area contributed by atoms with Gasteiger partial charge in [-0.25, -0.2) is 4.98 Å². The largest absolute Gasteiger partial charge is 0.355 e. The van der Waals surface area contributed by atoms with Gasteiger partial charge in [-0.05, 0) is 54.9 Å². The maximum Gasteiger partial charge on any atom is 0.133 e. The summed E-state index contributed by atoms with van der Waals surface area (Å²) >= 11 is 8.73. The van der Waals surface area contributed by atoms with Crippen LogP contribution in [0.3, 0.4) is 0 Å². The highest BCUT2D eigenvalue weighted by atomic mass is 79.9. The molecular weight excluding hydrogens is 414 g/mol. The van der Waals surface area contributed by atoms with Crippen LogP contribution in [-0.4, -0.2) is 18.1 Å². The van der Waals surface area contributed by atoms with E-state index in [1.54, 1.807) is 11.3 Å². The predicted octanol–water partition coefficient (Wildman–Crippen LogP) is 4.80. The van der Waals surface area contributed by atoms with E-state index in [1.165, 1.54) is 11.1 Å². The van der Waals surface area contributed by atoms with Gasteiger partial charge in [0.05, 0.1) is 3.79 Å². The number of rotatable bonds is 6. The van der Waals surface area contributed by atoms with Crippen molar-refractivity contribution < 1.29 is 0 Å². The minimum absolute atomic E-state index is 0.454. The Morgan fingerprint density at radius 3 is 2.71 bits per heavy atom. The molecule has 0 saturated heterocycles. The van der Waals surface area contributed by atoms with Crippen LogP contribution in [0.5, 0.6) is 0 Å². The minimum Gasteiger partial charge on any atom is -0.355 e. The van der Waals surface area contributed by atoms with Crippen LogP contribution >= 0.6 is 43.2 Å². The minimum atomic E-state index is 0.454. The van der Waals surface area contributed by atoms with Gasteiger partial charge in [-0.3, -0.25) is 0 Å². The Morgan fingerprint density at radius 2 is 2.10 bits per heavy atom. The first-order chi connectivity index (χ1) is 9.95. The molecule has 1 N–H and O–H groups in total. The highest BCUT2D eigenvalue weighted by molar-refractivity contribution is 9.11. The molecule has 0 amide bonds. The highest BCUT2D eigenvalue weighted by Crippen LogP contribution is 2.25. The van der Waals surface area contributed by atoms with Crippen molar-refractivity contribution in [2.45, 2.75) is 33.0 Å². The topological polar surface area (TPSA) is 28.2 Å². The van der Waals surface area contributed by atoms with Gasteiger partial charge in [-0.15, -0.1) is 11.3 Å². The third-order valence-electron chi connectivity index (χ3n) is 3.01. The molecule has 2 aromatic heterocycles. The summed E-state index contributed by atoms with van der Waals surface area (Å²) in [5.74, 6) is 1.02. The van der Waals surface area contributed by atoms with Gasteiger partial charge in [0.25, 0.3) is 0 Å². The van der Waals surface area contributed by atoms with Gasteiger partial charge in [0.2, 0.25) is 0 Å². The molecule has 0 atom stereocenters. The first kappa shape index (κ1) is 16.9. The highest BCUT2D eigenvalue weighted by Gasteiger charge is 2.11. The summed E-state index contributed by atoms with van der Waals surface area (Å²) in [6.07, 6.45) is 1.86. The van der Waals surface area contributed by atoms with Crippen molar-refractivity contribution in [1.82, 2.24) is 10.3 Å². The first-order valence-electron chi connectivity index (χ1n) is 6.77. The number of anilines is 1. The summed E-state index contributed by atoms with van der Waals surface area (Å²) in [5.41, 5.74) is 2.50. The Bertz CT molecular complexity index is 598. The lowest BCUT2D eigenvalue weighted by Crippen LogP contribution is -2.25. The Hall–Kier alpha value is -0.430. The van der Waals surface area contributed by atoms with E-state index in [0.717, 1.165) is 27.2 Å². The summed E-state index contributed by atoms with van der Waals surface area (Å²) < 4.78 is 2.18. The van der Waals surface area contributed by atoms with E-state index in [9.17, 15) is 0 Å². The molecule has 0 aliphatic heterocycles. The molecular formula is C15H19Br2N3S. The summed E-state index contributed by atoms with van der Waals surface area (Å²) in [4.78, 5) is 6.78. The molecule has 6 heteroatoms. The number of halogens is 2. The molecule has 21 heavy (non-hydrogen) atoms. The molecule has 114 valence electrons. The number of aromatic nitrogens is 1. The summed E-state index contributed by atoms with van der Waals surface area (Å²) in [6, 6.07) is 4.75. The lowest BCUT2D eigenvalue weighted by molar-refractivity contribution is 0.587. The van der Waals surface area contributed by atoms with E-state index in [0.29, 0.717) is 6.04 Å². The second-order valence-corrected chi connectivity index (χ2v) is 8.49. The average molecular weight is 433 g/mol. The van der Waals surface area contributed by atoms with Crippen molar-refractivity contribution in [3.8, 4) is 0 Å². The molecule has 2 aromatic rings. The molecule has 0 spiro atoms. The Kier molecular flexibility index (Phi) is 6.22. The molecule has 0 saturated carbocycles. The molecule has 0 aliphatic rings. The zero-order chi connectivity index (χ0) is 15.4. The van der Waals surface area contributed by atoms with E-state index >= 15 is 0 Å². The maximum absolute atomic E-state index is 4.59. The van der Waals surface area contributed by atoms with Crippen LogP contribution in [0.15, 0.2) is 32.0 Å². The van der Waals surface area contributed by atoms with Gasteiger partial charge in [0, 0.05) is 42.4 Å². The van der Waals surface area contributed by atoms with Gasteiger partial charge < -0.3 is 10.2 Å². The van der Waals surface area contributed by atoms with Gasteiger partial charge in [-0.1, -0.05) is 13.8 Å². The van der Waals surface area contributed by atoms with Gasteiger partial charge in [0.15, 0.2) is 0 Å². The zero-order valence-electron chi connectivity index (χ0n) is 12.4. The maximum atomic E-state index is 4.59. The fourth-order valence-corrected chi connectivity index (χ4v) is 3.62. The van der Waals surface area contributed by atoms with Crippen LogP contribution in [-0.2, 0) is 13.1 Å². The van der Waals surface area contributed by atoms with E-state index in [1.807, 2.05) is 6.20 Å². The normalized spacial score (nSPS) is 11.1. The lowest BCUT2D eigenvalue weighted by Gasteiger charge is -2.21. The lowest BCUT2D eigenvalue weighted by atomic mass is 10.2. The fourth-order valence-electron chi connectivity index (χ4n) is 2.04. The van der Waals surface area contributed by atoms with Gasteiger partial charge >= 0.3 is 0 Å². The third kappa shape index (κ3) is 5.06. The first-order valence-corrected chi connectivity index (χ1v) is 9.24. The second kappa shape index (κ2) is 7.72. The van der Waals surface area contributed by atoms with Crippen molar-refractivity contribution in [2.75, 3.05) is 11.9 Å². The summed E-state index contributed by atoms with van der Waals surface area (Å²) in [5, 5.41) is 5.63. The molecule has 2 rings (SSSR count). The number of hydrogen-bond donors (Lipinski definition) is 1. The molecule has 0 unspecified atom stereocenters. The van der Waals surface area contributed by atoms with Crippen molar-refractivity contribution in [1.29, 1.82) is 0 Å². The fraction of sp³-hybridized carbons (Fsp3) is 0.400. The standard InChI is InChI=1S/C15H19Br2N3S/c1-10(2)18-6-12-5-13(16)7-19-15(12)20(3)8-11-4-14(17)21-9-11/h4-5,7,9-10,18H,6,8H2,1-3H3. The van der Waals surface area contributed by atoms with Crippen molar-refractivity contribution in [3.05, 3.63) is 43.1 Å². The molecule has 0 aliphatic carbocycles. The van der Waals surface area contributed by atoms with Gasteiger partial charge in [0.1, 0.15) is 5.82 Å². The number of pyridine rings is 1. The second-order valence-electron chi connectivity index (χ2n) is 5.29. The molecule has 0 bridgehead atoms. The number of nitrogens with zero attached hydrogens (tertiary/aromatic N) is 2.